The van der Waals surface area contributed by atoms with E-state index in [0.717, 1.165) is 11.1 Å². The van der Waals surface area contributed by atoms with Gasteiger partial charge in [-0.15, -0.1) is 11.6 Å². The molecule has 0 saturated carbocycles. The summed E-state index contributed by atoms with van der Waals surface area (Å²) >= 11 is 5.51. The molecular weight excluding hydrogens is 312 g/mol. The zero-order valence-corrected chi connectivity index (χ0v) is 13.5. The Morgan fingerprint density at radius 3 is 2.09 bits per heavy atom. The van der Waals surface area contributed by atoms with Crippen molar-refractivity contribution in [3.05, 3.63) is 46.8 Å². The molecule has 2 aromatic heterocycles. The maximum Gasteiger partial charge on any atom is 0.374 e. The van der Waals surface area contributed by atoms with Crippen LogP contribution in [0.15, 0.2) is 27.2 Å². The summed E-state index contributed by atoms with van der Waals surface area (Å²) in [4.78, 5) is 21.8. The van der Waals surface area contributed by atoms with E-state index in [0.29, 0.717) is 5.76 Å². The fourth-order valence-electron chi connectivity index (χ4n) is 1.58. The van der Waals surface area contributed by atoms with Gasteiger partial charge in [0.2, 0.25) is 11.5 Å². The van der Waals surface area contributed by atoms with Gasteiger partial charge in [-0.3, -0.25) is 0 Å². The molecule has 7 heteroatoms. The molecule has 120 valence electrons. The van der Waals surface area contributed by atoms with Gasteiger partial charge in [0, 0.05) is 11.1 Å². The van der Waals surface area contributed by atoms with Crippen LogP contribution in [-0.2, 0) is 15.4 Å². The maximum atomic E-state index is 11.0. The van der Waals surface area contributed by atoms with E-state index in [4.69, 9.17) is 20.4 Å². The lowest BCUT2D eigenvalue weighted by atomic mass is 10.3. The summed E-state index contributed by atoms with van der Waals surface area (Å²) in [6.45, 7) is 3.56. The SMILES string of the molecule is COC(=O)c1oc(CCl)cc1C.COC(=O)c1occc1C. The number of furan rings is 2. The fourth-order valence-corrected chi connectivity index (χ4v) is 1.72. The third-order valence-corrected chi connectivity index (χ3v) is 2.97. The number of aryl methyl sites for hydroxylation is 2. The molecule has 0 amide bonds. The van der Waals surface area contributed by atoms with Gasteiger partial charge in [-0.2, -0.15) is 0 Å². The van der Waals surface area contributed by atoms with Crippen LogP contribution in [0.3, 0.4) is 0 Å². The highest BCUT2D eigenvalue weighted by atomic mass is 35.5. The number of methoxy groups -OCH3 is 2. The predicted molar refractivity (Wildman–Crippen MR) is 79.1 cm³/mol. The lowest BCUT2D eigenvalue weighted by Gasteiger charge is -1.94. The summed E-state index contributed by atoms with van der Waals surface area (Å²) in [5, 5.41) is 0. The molecule has 2 heterocycles. The largest absolute Gasteiger partial charge is 0.463 e. The molecule has 0 fully saturated rings. The molecule has 6 nitrogen and oxygen atoms in total. The lowest BCUT2D eigenvalue weighted by Crippen LogP contribution is -2.00. The van der Waals surface area contributed by atoms with Crippen molar-refractivity contribution in [3.8, 4) is 0 Å². The summed E-state index contributed by atoms with van der Waals surface area (Å²) in [6.07, 6.45) is 1.46. The summed E-state index contributed by atoms with van der Waals surface area (Å²) in [6, 6.07) is 3.44. The van der Waals surface area contributed by atoms with E-state index < -0.39 is 11.9 Å². The van der Waals surface area contributed by atoms with Gasteiger partial charge < -0.3 is 18.3 Å². The van der Waals surface area contributed by atoms with Crippen molar-refractivity contribution in [2.75, 3.05) is 14.2 Å². The van der Waals surface area contributed by atoms with Crippen LogP contribution in [0.1, 0.15) is 38.0 Å². The highest BCUT2D eigenvalue weighted by Crippen LogP contribution is 2.16. The molecule has 0 radical (unpaired) electrons. The van der Waals surface area contributed by atoms with E-state index in [9.17, 15) is 9.59 Å². The number of carbonyl (C=O) groups is 2. The monoisotopic (exact) mass is 328 g/mol. The van der Waals surface area contributed by atoms with Crippen LogP contribution < -0.4 is 0 Å². The van der Waals surface area contributed by atoms with Crippen LogP contribution in [0.5, 0.6) is 0 Å². The zero-order valence-electron chi connectivity index (χ0n) is 12.8. The molecule has 0 unspecified atom stereocenters. The Labute approximate surface area is 132 Å². The van der Waals surface area contributed by atoms with Gasteiger partial charge in [0.25, 0.3) is 0 Å². The highest BCUT2D eigenvalue weighted by molar-refractivity contribution is 6.16. The van der Waals surface area contributed by atoms with Crippen LogP contribution in [0.2, 0.25) is 0 Å². The van der Waals surface area contributed by atoms with Gasteiger partial charge in [-0.25, -0.2) is 9.59 Å². The third kappa shape index (κ3) is 4.39. The van der Waals surface area contributed by atoms with Gasteiger partial charge in [-0.05, 0) is 26.0 Å². The van der Waals surface area contributed by atoms with Gasteiger partial charge >= 0.3 is 11.9 Å². The minimum absolute atomic E-state index is 0.230. The van der Waals surface area contributed by atoms with Crippen LogP contribution in [0.4, 0.5) is 0 Å². The Balaban J connectivity index is 0.000000224. The second-order valence-electron chi connectivity index (χ2n) is 4.27. The number of hydrogen-bond donors (Lipinski definition) is 0. The molecular formula is C15H17ClO6. The van der Waals surface area contributed by atoms with E-state index >= 15 is 0 Å². The first-order valence-electron chi connectivity index (χ1n) is 6.30. The summed E-state index contributed by atoms with van der Waals surface area (Å²) < 4.78 is 18.9. The molecule has 0 spiro atoms. The number of alkyl halides is 1. The van der Waals surface area contributed by atoms with E-state index in [-0.39, 0.29) is 17.4 Å². The standard InChI is InChI=1S/C8H9ClO3.C7H8O3/c1-5-3-6(4-9)12-7(5)8(10)11-2;1-5-3-4-10-6(5)7(8)9-2/h3H,4H2,1-2H3;3-4H,1-2H3. The maximum absolute atomic E-state index is 11.0. The fraction of sp³-hybridized carbons (Fsp3) is 0.333. The van der Waals surface area contributed by atoms with Crippen molar-refractivity contribution in [1.82, 2.24) is 0 Å². The number of esters is 2. The molecule has 22 heavy (non-hydrogen) atoms. The summed E-state index contributed by atoms with van der Waals surface area (Å²) in [5.74, 6) is 0.453. The predicted octanol–water partition coefficient (Wildman–Crippen LogP) is 3.49. The molecule has 2 aromatic rings. The molecule has 0 atom stereocenters. The number of halogens is 1. The van der Waals surface area contributed by atoms with Crippen LogP contribution >= 0.6 is 11.6 Å². The Morgan fingerprint density at radius 1 is 1.09 bits per heavy atom. The quantitative estimate of drug-likeness (QED) is 0.634. The highest BCUT2D eigenvalue weighted by Gasteiger charge is 2.15. The Kier molecular flexibility index (Phi) is 6.72. The first-order valence-corrected chi connectivity index (χ1v) is 6.84. The van der Waals surface area contributed by atoms with Crippen molar-refractivity contribution in [2.24, 2.45) is 0 Å². The first-order chi connectivity index (χ1) is 10.4. The topological polar surface area (TPSA) is 78.9 Å². The number of hydrogen-bond acceptors (Lipinski definition) is 6. The van der Waals surface area contributed by atoms with Crippen LogP contribution in [0.25, 0.3) is 0 Å². The van der Waals surface area contributed by atoms with Crippen molar-refractivity contribution in [1.29, 1.82) is 0 Å². The van der Waals surface area contributed by atoms with Crippen LogP contribution in [0, 0.1) is 13.8 Å². The van der Waals surface area contributed by atoms with Crippen molar-refractivity contribution >= 4 is 23.5 Å². The zero-order chi connectivity index (χ0) is 16.7. The van der Waals surface area contributed by atoms with Crippen molar-refractivity contribution in [2.45, 2.75) is 19.7 Å². The average molecular weight is 329 g/mol. The minimum atomic E-state index is -0.469. The third-order valence-electron chi connectivity index (χ3n) is 2.70. The first kappa shape index (κ1) is 17.8. The Bertz CT molecular complexity index is 640. The molecule has 0 aliphatic rings. The summed E-state index contributed by atoms with van der Waals surface area (Å²) in [7, 11) is 2.63. The second-order valence-corrected chi connectivity index (χ2v) is 4.54. The summed E-state index contributed by atoms with van der Waals surface area (Å²) in [5.41, 5.74) is 1.55. The Morgan fingerprint density at radius 2 is 1.68 bits per heavy atom. The minimum Gasteiger partial charge on any atom is -0.463 e. The molecule has 0 aliphatic carbocycles. The van der Waals surface area contributed by atoms with Crippen molar-refractivity contribution in [3.63, 3.8) is 0 Å². The number of carbonyl (C=O) groups excluding carboxylic acids is 2. The van der Waals surface area contributed by atoms with Crippen molar-refractivity contribution < 1.29 is 27.9 Å². The molecule has 0 aromatic carbocycles. The smallest absolute Gasteiger partial charge is 0.374 e. The van der Waals surface area contributed by atoms with Gasteiger partial charge in [0.1, 0.15) is 5.76 Å². The van der Waals surface area contributed by atoms with Crippen LogP contribution in [-0.4, -0.2) is 26.2 Å². The number of ether oxygens (including phenoxy) is 2. The number of rotatable bonds is 3. The van der Waals surface area contributed by atoms with E-state index in [1.807, 2.05) is 0 Å². The molecule has 0 saturated heterocycles. The van der Waals surface area contributed by atoms with E-state index in [2.05, 4.69) is 9.47 Å². The molecule has 0 N–H and O–H groups in total. The van der Waals surface area contributed by atoms with E-state index in [1.54, 1.807) is 26.0 Å². The molecule has 2 rings (SSSR count). The normalized spacial score (nSPS) is 9.68. The molecule has 0 aliphatic heterocycles. The average Bonchev–Trinajstić information content (AvgIpc) is 3.12. The lowest BCUT2D eigenvalue weighted by molar-refractivity contribution is 0.0555. The molecule has 0 bridgehead atoms. The van der Waals surface area contributed by atoms with Gasteiger partial charge in [-0.1, -0.05) is 0 Å². The van der Waals surface area contributed by atoms with Gasteiger partial charge in [0.15, 0.2) is 0 Å². The Hall–Kier alpha value is -2.21. The van der Waals surface area contributed by atoms with E-state index in [1.165, 1.54) is 20.5 Å². The second kappa shape index (κ2) is 8.29. The van der Waals surface area contributed by atoms with Gasteiger partial charge in [0.05, 0.1) is 26.4 Å².